The number of nitrogens with one attached hydrogen (secondary N) is 2. The highest BCUT2D eigenvalue weighted by molar-refractivity contribution is 6.34. The quantitative estimate of drug-likeness (QED) is 0.669. The number of carbonyl (C=O) groups is 2. The molecule has 146 valence electrons. The molecular formula is C21H23ClN4O2. The monoisotopic (exact) mass is 398 g/mol. The molecule has 0 saturated heterocycles. The van der Waals surface area contributed by atoms with Crippen molar-refractivity contribution in [1.29, 1.82) is 0 Å². The minimum Gasteiger partial charge on any atom is -0.347 e. The molecule has 0 aliphatic rings. The first kappa shape index (κ1) is 19.9. The molecular weight excluding hydrogens is 376 g/mol. The number of halogens is 1. The topological polar surface area (TPSA) is 75.5 Å². The fourth-order valence-electron chi connectivity index (χ4n) is 3.00. The van der Waals surface area contributed by atoms with Crippen molar-refractivity contribution in [3.8, 4) is 0 Å². The second kappa shape index (κ2) is 8.02. The first-order valence-electron chi connectivity index (χ1n) is 9.17. The standard InChI is InChI=1S/C21H23ClN4O2/c1-5-14(4)23-21(28)19-24-18(16-8-6-7-9-26(16)19)20(27)25-17-13(3)10-12(2)11-15(17)22/h6-11,14H,5H2,1-4H3,(H,23,28)(H,25,27). The zero-order valence-electron chi connectivity index (χ0n) is 16.3. The smallest absolute Gasteiger partial charge is 0.287 e. The highest BCUT2D eigenvalue weighted by Gasteiger charge is 2.23. The number of hydrogen-bond acceptors (Lipinski definition) is 3. The normalized spacial score (nSPS) is 12.0. The van der Waals surface area contributed by atoms with Crippen molar-refractivity contribution in [1.82, 2.24) is 14.7 Å². The molecule has 1 unspecified atom stereocenters. The lowest BCUT2D eigenvalue weighted by Gasteiger charge is -2.10. The van der Waals surface area contributed by atoms with Crippen LogP contribution in [0.15, 0.2) is 36.5 Å². The Morgan fingerprint density at radius 1 is 1.21 bits per heavy atom. The molecule has 2 N–H and O–H groups in total. The van der Waals surface area contributed by atoms with Gasteiger partial charge in [0.25, 0.3) is 11.8 Å². The van der Waals surface area contributed by atoms with E-state index in [9.17, 15) is 9.59 Å². The first-order chi connectivity index (χ1) is 13.3. The summed E-state index contributed by atoms with van der Waals surface area (Å²) >= 11 is 6.31. The van der Waals surface area contributed by atoms with E-state index in [4.69, 9.17) is 11.6 Å². The fourth-order valence-corrected chi connectivity index (χ4v) is 3.37. The van der Waals surface area contributed by atoms with E-state index in [0.29, 0.717) is 16.2 Å². The van der Waals surface area contributed by atoms with Gasteiger partial charge in [-0.05, 0) is 56.5 Å². The Kier molecular flexibility index (Phi) is 5.70. The van der Waals surface area contributed by atoms with Crippen LogP contribution < -0.4 is 10.6 Å². The van der Waals surface area contributed by atoms with Crippen molar-refractivity contribution < 1.29 is 9.59 Å². The molecule has 2 heterocycles. The number of anilines is 1. The summed E-state index contributed by atoms with van der Waals surface area (Å²) in [5.41, 5.74) is 3.13. The maximum Gasteiger partial charge on any atom is 0.287 e. The van der Waals surface area contributed by atoms with Crippen LogP contribution in [0.2, 0.25) is 5.02 Å². The molecule has 1 aromatic carbocycles. The zero-order chi connectivity index (χ0) is 20.4. The minimum absolute atomic E-state index is 0.00912. The maximum absolute atomic E-state index is 13.0. The molecule has 7 heteroatoms. The van der Waals surface area contributed by atoms with Crippen LogP contribution >= 0.6 is 11.6 Å². The third kappa shape index (κ3) is 3.87. The van der Waals surface area contributed by atoms with Gasteiger partial charge in [0.1, 0.15) is 0 Å². The zero-order valence-corrected chi connectivity index (χ0v) is 17.1. The van der Waals surface area contributed by atoms with Crippen LogP contribution in [0.25, 0.3) is 5.52 Å². The molecule has 2 amide bonds. The Balaban J connectivity index is 1.99. The van der Waals surface area contributed by atoms with Crippen molar-refractivity contribution in [3.05, 3.63) is 64.2 Å². The molecule has 3 aromatic rings. The summed E-state index contributed by atoms with van der Waals surface area (Å²) in [5.74, 6) is -0.563. The third-order valence-electron chi connectivity index (χ3n) is 4.63. The number of fused-ring (bicyclic) bond motifs is 1. The number of imidazole rings is 1. The molecule has 0 spiro atoms. The average molecular weight is 399 g/mol. The van der Waals surface area contributed by atoms with Crippen molar-refractivity contribution in [2.45, 2.75) is 40.2 Å². The molecule has 6 nitrogen and oxygen atoms in total. The molecule has 1 atom stereocenters. The van der Waals surface area contributed by atoms with E-state index in [1.54, 1.807) is 34.9 Å². The molecule has 0 radical (unpaired) electrons. The van der Waals surface area contributed by atoms with Gasteiger partial charge in [0, 0.05) is 12.2 Å². The van der Waals surface area contributed by atoms with E-state index in [-0.39, 0.29) is 23.5 Å². The second-order valence-electron chi connectivity index (χ2n) is 6.92. The number of aromatic nitrogens is 2. The highest BCUT2D eigenvalue weighted by atomic mass is 35.5. The number of benzene rings is 1. The number of hydrogen-bond donors (Lipinski definition) is 2. The van der Waals surface area contributed by atoms with Crippen molar-refractivity contribution in [3.63, 3.8) is 0 Å². The van der Waals surface area contributed by atoms with Crippen molar-refractivity contribution in [2.24, 2.45) is 0 Å². The summed E-state index contributed by atoms with van der Waals surface area (Å²) in [6.45, 7) is 7.73. The van der Waals surface area contributed by atoms with E-state index in [0.717, 1.165) is 17.5 Å². The largest absolute Gasteiger partial charge is 0.347 e. The van der Waals surface area contributed by atoms with Gasteiger partial charge in [-0.2, -0.15) is 0 Å². The summed E-state index contributed by atoms with van der Waals surface area (Å²) in [6, 6.07) is 9.09. The number of rotatable bonds is 5. The summed E-state index contributed by atoms with van der Waals surface area (Å²) in [5, 5.41) is 6.19. The average Bonchev–Trinajstić information content (AvgIpc) is 3.04. The lowest BCUT2D eigenvalue weighted by atomic mass is 10.1. The number of amides is 2. The lowest BCUT2D eigenvalue weighted by molar-refractivity contribution is 0.0928. The second-order valence-corrected chi connectivity index (χ2v) is 7.32. The van der Waals surface area contributed by atoms with Gasteiger partial charge in [0.15, 0.2) is 5.69 Å². The number of carbonyl (C=O) groups excluding carboxylic acids is 2. The van der Waals surface area contributed by atoms with E-state index in [1.807, 2.05) is 33.8 Å². The van der Waals surface area contributed by atoms with Crippen LogP contribution in [0, 0.1) is 13.8 Å². The van der Waals surface area contributed by atoms with E-state index >= 15 is 0 Å². The molecule has 0 fully saturated rings. The SMILES string of the molecule is CCC(C)NC(=O)c1nc(C(=O)Nc2c(C)cc(C)cc2Cl)c2ccccn12. The first-order valence-corrected chi connectivity index (χ1v) is 9.55. The predicted molar refractivity (Wildman–Crippen MR) is 111 cm³/mol. The molecule has 28 heavy (non-hydrogen) atoms. The number of nitrogens with zero attached hydrogens (tertiary/aromatic N) is 2. The van der Waals surface area contributed by atoms with Crippen molar-refractivity contribution >= 4 is 34.6 Å². The van der Waals surface area contributed by atoms with E-state index in [2.05, 4.69) is 15.6 Å². The molecule has 0 aliphatic heterocycles. The number of aryl methyl sites for hydroxylation is 2. The van der Waals surface area contributed by atoms with Gasteiger partial charge in [-0.15, -0.1) is 0 Å². The Bertz CT molecular complexity index is 1030. The molecule has 3 rings (SSSR count). The summed E-state index contributed by atoms with van der Waals surface area (Å²) in [6.07, 6.45) is 2.52. The molecule has 2 aromatic heterocycles. The van der Waals surface area contributed by atoms with Crippen LogP contribution in [-0.2, 0) is 0 Å². The Hall–Kier alpha value is -2.86. The van der Waals surface area contributed by atoms with Gasteiger partial charge in [-0.3, -0.25) is 14.0 Å². The summed E-state index contributed by atoms with van der Waals surface area (Å²) in [7, 11) is 0. The van der Waals surface area contributed by atoms with Gasteiger partial charge in [0.05, 0.1) is 16.2 Å². The van der Waals surface area contributed by atoms with Gasteiger partial charge in [-0.25, -0.2) is 4.98 Å². The maximum atomic E-state index is 13.0. The van der Waals surface area contributed by atoms with Crippen LogP contribution in [0.1, 0.15) is 52.5 Å². The Morgan fingerprint density at radius 2 is 1.96 bits per heavy atom. The highest BCUT2D eigenvalue weighted by Crippen LogP contribution is 2.28. The summed E-state index contributed by atoms with van der Waals surface area (Å²) in [4.78, 5) is 29.9. The van der Waals surface area contributed by atoms with Crippen LogP contribution in [0.3, 0.4) is 0 Å². The lowest BCUT2D eigenvalue weighted by Crippen LogP contribution is -2.33. The van der Waals surface area contributed by atoms with Gasteiger partial charge in [-0.1, -0.05) is 30.7 Å². The summed E-state index contributed by atoms with van der Waals surface area (Å²) < 4.78 is 1.62. The van der Waals surface area contributed by atoms with Crippen LogP contribution in [0.4, 0.5) is 5.69 Å². The minimum atomic E-state index is -0.417. The molecule has 0 aliphatic carbocycles. The van der Waals surface area contributed by atoms with E-state index in [1.165, 1.54) is 0 Å². The molecule has 0 bridgehead atoms. The van der Waals surface area contributed by atoms with Gasteiger partial charge < -0.3 is 10.6 Å². The Morgan fingerprint density at radius 3 is 2.64 bits per heavy atom. The Labute approximate surface area is 168 Å². The van der Waals surface area contributed by atoms with E-state index < -0.39 is 5.91 Å². The van der Waals surface area contributed by atoms with Gasteiger partial charge >= 0.3 is 0 Å². The van der Waals surface area contributed by atoms with Gasteiger partial charge in [0.2, 0.25) is 5.82 Å². The van der Waals surface area contributed by atoms with Crippen LogP contribution in [0.5, 0.6) is 0 Å². The van der Waals surface area contributed by atoms with Crippen molar-refractivity contribution in [2.75, 3.05) is 5.32 Å². The third-order valence-corrected chi connectivity index (χ3v) is 4.92. The molecule has 0 saturated carbocycles. The predicted octanol–water partition coefficient (Wildman–Crippen LogP) is 4.39. The number of pyridine rings is 1. The fraction of sp³-hybridized carbons (Fsp3) is 0.286. The van der Waals surface area contributed by atoms with Crippen LogP contribution in [-0.4, -0.2) is 27.2 Å².